The topological polar surface area (TPSA) is 21.3 Å². The molecule has 1 N–H and O–H groups in total. The Morgan fingerprint density at radius 3 is 2.88 bits per heavy atom. The molecule has 1 aliphatic rings. The first-order valence-corrected chi connectivity index (χ1v) is 6.04. The summed E-state index contributed by atoms with van der Waals surface area (Å²) < 4.78 is 5.16. The standard InChI is InChI=1S/C14H21NO/c1-14(7-4-8-15-14)10-12-5-3-6-13(9-12)11-16-2/h3,5-6,9,15H,4,7-8,10-11H2,1-2H3. The molecule has 1 aliphatic heterocycles. The molecule has 1 saturated heterocycles. The minimum Gasteiger partial charge on any atom is -0.380 e. The third-order valence-corrected chi connectivity index (χ3v) is 3.35. The molecule has 1 heterocycles. The van der Waals surface area contributed by atoms with Gasteiger partial charge in [-0.25, -0.2) is 0 Å². The fraction of sp³-hybridized carbons (Fsp3) is 0.571. The van der Waals surface area contributed by atoms with Gasteiger partial charge in [0.1, 0.15) is 0 Å². The third kappa shape index (κ3) is 2.83. The molecule has 0 amide bonds. The van der Waals surface area contributed by atoms with Crippen molar-refractivity contribution < 1.29 is 4.74 Å². The minimum atomic E-state index is 0.297. The van der Waals surface area contributed by atoms with Crippen molar-refractivity contribution in [1.82, 2.24) is 5.32 Å². The summed E-state index contributed by atoms with van der Waals surface area (Å²) in [4.78, 5) is 0. The zero-order valence-corrected chi connectivity index (χ0v) is 10.3. The number of nitrogens with one attached hydrogen (secondary N) is 1. The SMILES string of the molecule is COCc1cccc(CC2(C)CCCN2)c1. The van der Waals surface area contributed by atoms with Crippen molar-refractivity contribution in [2.24, 2.45) is 0 Å². The quantitative estimate of drug-likeness (QED) is 0.840. The van der Waals surface area contributed by atoms with Crippen molar-refractivity contribution in [1.29, 1.82) is 0 Å². The summed E-state index contributed by atoms with van der Waals surface area (Å²) in [7, 11) is 1.74. The molecule has 1 atom stereocenters. The summed E-state index contributed by atoms with van der Waals surface area (Å²) >= 11 is 0. The molecule has 16 heavy (non-hydrogen) atoms. The number of rotatable bonds is 4. The summed E-state index contributed by atoms with van der Waals surface area (Å²) in [5.41, 5.74) is 2.97. The molecular formula is C14H21NO. The van der Waals surface area contributed by atoms with Crippen LogP contribution < -0.4 is 5.32 Å². The van der Waals surface area contributed by atoms with E-state index in [4.69, 9.17) is 4.74 Å². The van der Waals surface area contributed by atoms with E-state index in [2.05, 4.69) is 36.5 Å². The van der Waals surface area contributed by atoms with E-state index in [1.54, 1.807) is 7.11 Å². The molecule has 0 radical (unpaired) electrons. The van der Waals surface area contributed by atoms with E-state index in [1.165, 1.54) is 24.0 Å². The van der Waals surface area contributed by atoms with Crippen LogP contribution in [0.5, 0.6) is 0 Å². The van der Waals surface area contributed by atoms with Gasteiger partial charge in [0.15, 0.2) is 0 Å². The highest BCUT2D eigenvalue weighted by molar-refractivity contribution is 5.25. The zero-order valence-electron chi connectivity index (χ0n) is 10.3. The zero-order chi connectivity index (χ0) is 11.4. The highest BCUT2D eigenvalue weighted by atomic mass is 16.5. The average molecular weight is 219 g/mol. The highest BCUT2D eigenvalue weighted by Crippen LogP contribution is 2.23. The predicted octanol–water partition coefficient (Wildman–Crippen LogP) is 2.52. The summed E-state index contributed by atoms with van der Waals surface area (Å²) in [6.45, 7) is 4.19. The van der Waals surface area contributed by atoms with Gasteiger partial charge >= 0.3 is 0 Å². The third-order valence-electron chi connectivity index (χ3n) is 3.35. The van der Waals surface area contributed by atoms with Gasteiger partial charge in [0.25, 0.3) is 0 Å². The highest BCUT2D eigenvalue weighted by Gasteiger charge is 2.27. The predicted molar refractivity (Wildman–Crippen MR) is 66.5 cm³/mol. The molecule has 1 aromatic carbocycles. The van der Waals surface area contributed by atoms with Crippen LogP contribution in [0.1, 0.15) is 30.9 Å². The van der Waals surface area contributed by atoms with Crippen LogP contribution in [0.15, 0.2) is 24.3 Å². The molecule has 1 aromatic rings. The van der Waals surface area contributed by atoms with Crippen LogP contribution in [-0.4, -0.2) is 19.2 Å². The Hall–Kier alpha value is -0.860. The van der Waals surface area contributed by atoms with Gasteiger partial charge in [-0.2, -0.15) is 0 Å². The average Bonchev–Trinajstić information content (AvgIpc) is 2.66. The van der Waals surface area contributed by atoms with Gasteiger partial charge in [-0.1, -0.05) is 24.3 Å². The van der Waals surface area contributed by atoms with Crippen molar-refractivity contribution in [2.45, 2.75) is 38.3 Å². The lowest BCUT2D eigenvalue weighted by Crippen LogP contribution is -2.38. The van der Waals surface area contributed by atoms with Crippen molar-refractivity contribution in [3.63, 3.8) is 0 Å². The van der Waals surface area contributed by atoms with E-state index < -0.39 is 0 Å². The number of benzene rings is 1. The molecule has 2 nitrogen and oxygen atoms in total. The Morgan fingerprint density at radius 2 is 2.19 bits per heavy atom. The molecule has 0 aromatic heterocycles. The van der Waals surface area contributed by atoms with E-state index in [-0.39, 0.29) is 0 Å². The number of ether oxygens (including phenoxy) is 1. The molecule has 0 aliphatic carbocycles. The molecule has 2 heteroatoms. The van der Waals surface area contributed by atoms with Gasteiger partial charge in [-0.05, 0) is 43.9 Å². The second-order valence-corrected chi connectivity index (χ2v) is 5.02. The van der Waals surface area contributed by atoms with E-state index in [1.807, 2.05) is 0 Å². The van der Waals surface area contributed by atoms with Gasteiger partial charge in [0, 0.05) is 12.6 Å². The fourth-order valence-corrected chi connectivity index (χ4v) is 2.55. The van der Waals surface area contributed by atoms with Gasteiger partial charge in [-0.15, -0.1) is 0 Å². The van der Waals surface area contributed by atoms with Crippen LogP contribution in [-0.2, 0) is 17.8 Å². The maximum absolute atomic E-state index is 5.16. The van der Waals surface area contributed by atoms with Crippen LogP contribution in [0.4, 0.5) is 0 Å². The van der Waals surface area contributed by atoms with Crippen LogP contribution in [0.2, 0.25) is 0 Å². The first kappa shape index (κ1) is 11.6. The Morgan fingerprint density at radius 1 is 1.38 bits per heavy atom. The molecule has 2 rings (SSSR count). The molecule has 0 saturated carbocycles. The van der Waals surface area contributed by atoms with Crippen LogP contribution in [0, 0.1) is 0 Å². The van der Waals surface area contributed by atoms with Crippen molar-refractivity contribution in [3.05, 3.63) is 35.4 Å². The Kier molecular flexibility index (Phi) is 3.62. The van der Waals surface area contributed by atoms with Crippen LogP contribution in [0.3, 0.4) is 0 Å². The number of hydrogen-bond donors (Lipinski definition) is 1. The Balaban J connectivity index is 2.05. The lowest BCUT2D eigenvalue weighted by Gasteiger charge is -2.24. The molecular weight excluding hydrogens is 198 g/mol. The molecule has 1 fully saturated rings. The minimum absolute atomic E-state index is 0.297. The van der Waals surface area contributed by atoms with Crippen molar-refractivity contribution >= 4 is 0 Å². The first-order chi connectivity index (χ1) is 7.72. The van der Waals surface area contributed by atoms with E-state index >= 15 is 0 Å². The largest absolute Gasteiger partial charge is 0.380 e. The first-order valence-electron chi connectivity index (χ1n) is 6.04. The maximum atomic E-state index is 5.16. The molecule has 0 spiro atoms. The maximum Gasteiger partial charge on any atom is 0.0713 e. The second-order valence-electron chi connectivity index (χ2n) is 5.02. The lowest BCUT2D eigenvalue weighted by molar-refractivity contribution is 0.185. The van der Waals surface area contributed by atoms with Gasteiger partial charge in [0.2, 0.25) is 0 Å². The van der Waals surface area contributed by atoms with E-state index in [0.717, 1.165) is 13.0 Å². The van der Waals surface area contributed by atoms with Gasteiger partial charge < -0.3 is 10.1 Å². The summed E-state index contributed by atoms with van der Waals surface area (Å²) in [6.07, 6.45) is 3.69. The Labute approximate surface area is 98.0 Å². The summed E-state index contributed by atoms with van der Waals surface area (Å²) in [5, 5.41) is 3.60. The second kappa shape index (κ2) is 4.98. The number of methoxy groups -OCH3 is 1. The van der Waals surface area contributed by atoms with Crippen LogP contribution in [0.25, 0.3) is 0 Å². The summed E-state index contributed by atoms with van der Waals surface area (Å²) in [6, 6.07) is 8.72. The summed E-state index contributed by atoms with van der Waals surface area (Å²) in [5.74, 6) is 0. The van der Waals surface area contributed by atoms with Crippen molar-refractivity contribution in [2.75, 3.05) is 13.7 Å². The van der Waals surface area contributed by atoms with Crippen molar-refractivity contribution in [3.8, 4) is 0 Å². The molecule has 0 bridgehead atoms. The monoisotopic (exact) mass is 219 g/mol. The molecule has 88 valence electrons. The van der Waals surface area contributed by atoms with Gasteiger partial charge in [-0.3, -0.25) is 0 Å². The van der Waals surface area contributed by atoms with E-state index in [0.29, 0.717) is 12.1 Å². The normalized spacial score (nSPS) is 24.9. The lowest BCUT2D eigenvalue weighted by atomic mass is 9.91. The Bertz CT molecular complexity index is 342. The number of hydrogen-bond acceptors (Lipinski definition) is 2. The van der Waals surface area contributed by atoms with Crippen LogP contribution >= 0.6 is 0 Å². The fourth-order valence-electron chi connectivity index (χ4n) is 2.55. The smallest absolute Gasteiger partial charge is 0.0713 e. The van der Waals surface area contributed by atoms with E-state index in [9.17, 15) is 0 Å². The van der Waals surface area contributed by atoms with Gasteiger partial charge in [0.05, 0.1) is 6.61 Å². The molecule has 1 unspecified atom stereocenters.